The highest BCUT2D eigenvalue weighted by molar-refractivity contribution is 9.10. The molecule has 1 atom stereocenters. The van der Waals surface area contributed by atoms with Gasteiger partial charge in [-0.25, -0.2) is 4.79 Å². The second kappa shape index (κ2) is 8.12. The molecule has 2 amide bonds. The Morgan fingerprint density at radius 3 is 2.67 bits per heavy atom. The number of aromatic nitrogens is 1. The SMILES string of the molecule is O=C(NC(Oc1cccnc1)c1ccc(Br)cc1)N1CCNCC1. The molecule has 2 heterocycles. The molecule has 0 bridgehead atoms. The highest BCUT2D eigenvalue weighted by Crippen LogP contribution is 2.21. The molecule has 2 N–H and O–H groups in total. The van der Waals surface area contributed by atoms with Crippen LogP contribution in [0.15, 0.2) is 53.3 Å². The van der Waals surface area contributed by atoms with Crippen LogP contribution in [0.1, 0.15) is 11.8 Å². The van der Waals surface area contributed by atoms with Gasteiger partial charge in [0.15, 0.2) is 6.23 Å². The number of carbonyl (C=O) groups is 1. The predicted molar refractivity (Wildman–Crippen MR) is 94.7 cm³/mol. The fourth-order valence-electron chi connectivity index (χ4n) is 2.44. The summed E-state index contributed by atoms with van der Waals surface area (Å²) in [5.41, 5.74) is 0.866. The van der Waals surface area contributed by atoms with E-state index in [0.717, 1.165) is 23.1 Å². The summed E-state index contributed by atoms with van der Waals surface area (Å²) in [6.45, 7) is 2.98. The first kappa shape index (κ1) is 16.7. The van der Waals surface area contributed by atoms with Crippen molar-refractivity contribution in [3.05, 3.63) is 58.8 Å². The summed E-state index contributed by atoms with van der Waals surface area (Å²) < 4.78 is 6.92. The molecule has 7 heteroatoms. The van der Waals surface area contributed by atoms with Crippen LogP contribution in [0.3, 0.4) is 0 Å². The number of amides is 2. The molecule has 24 heavy (non-hydrogen) atoms. The number of ether oxygens (including phenoxy) is 1. The third-order valence-corrected chi connectivity index (χ3v) is 4.25. The molecule has 126 valence electrons. The van der Waals surface area contributed by atoms with Crippen molar-refractivity contribution in [2.24, 2.45) is 0 Å². The van der Waals surface area contributed by atoms with Crippen molar-refractivity contribution < 1.29 is 9.53 Å². The second-order valence-electron chi connectivity index (χ2n) is 5.42. The van der Waals surface area contributed by atoms with E-state index in [0.29, 0.717) is 18.8 Å². The minimum atomic E-state index is -0.579. The van der Waals surface area contributed by atoms with Crippen molar-refractivity contribution in [2.45, 2.75) is 6.23 Å². The molecule has 6 nitrogen and oxygen atoms in total. The lowest BCUT2D eigenvalue weighted by molar-refractivity contribution is 0.140. The lowest BCUT2D eigenvalue weighted by Crippen LogP contribution is -2.51. The average Bonchev–Trinajstić information content (AvgIpc) is 2.63. The Morgan fingerprint density at radius 1 is 1.25 bits per heavy atom. The highest BCUT2D eigenvalue weighted by atomic mass is 79.9. The summed E-state index contributed by atoms with van der Waals surface area (Å²) in [6.07, 6.45) is 2.73. The number of piperazine rings is 1. The zero-order chi connectivity index (χ0) is 16.8. The maximum atomic E-state index is 12.5. The largest absolute Gasteiger partial charge is 0.465 e. The van der Waals surface area contributed by atoms with Gasteiger partial charge in [0, 0.05) is 42.4 Å². The summed E-state index contributed by atoms with van der Waals surface area (Å²) in [5.74, 6) is 0.603. The van der Waals surface area contributed by atoms with E-state index in [1.54, 1.807) is 23.4 Å². The third kappa shape index (κ3) is 4.46. The zero-order valence-electron chi connectivity index (χ0n) is 13.1. The number of pyridine rings is 1. The monoisotopic (exact) mass is 390 g/mol. The molecule has 1 saturated heterocycles. The van der Waals surface area contributed by atoms with Gasteiger partial charge in [-0.15, -0.1) is 0 Å². The van der Waals surface area contributed by atoms with Gasteiger partial charge in [0.25, 0.3) is 0 Å². The lowest BCUT2D eigenvalue weighted by atomic mass is 10.2. The predicted octanol–water partition coefficient (Wildman–Crippen LogP) is 2.54. The number of urea groups is 1. The first-order valence-electron chi connectivity index (χ1n) is 7.81. The van der Waals surface area contributed by atoms with Crippen LogP contribution in [0.2, 0.25) is 0 Å². The van der Waals surface area contributed by atoms with Crippen LogP contribution in [0.4, 0.5) is 4.79 Å². The van der Waals surface area contributed by atoms with E-state index >= 15 is 0 Å². The van der Waals surface area contributed by atoms with E-state index < -0.39 is 6.23 Å². The van der Waals surface area contributed by atoms with Crippen molar-refractivity contribution >= 4 is 22.0 Å². The molecule has 3 rings (SSSR count). The van der Waals surface area contributed by atoms with Gasteiger partial charge in [-0.05, 0) is 24.3 Å². The molecule has 1 unspecified atom stereocenters. The topological polar surface area (TPSA) is 66.5 Å². The Kier molecular flexibility index (Phi) is 5.66. The maximum Gasteiger partial charge on any atom is 0.320 e. The number of nitrogens with one attached hydrogen (secondary N) is 2. The number of benzene rings is 1. The van der Waals surface area contributed by atoms with Crippen molar-refractivity contribution in [3.8, 4) is 5.75 Å². The fourth-order valence-corrected chi connectivity index (χ4v) is 2.71. The first-order valence-corrected chi connectivity index (χ1v) is 8.60. The van der Waals surface area contributed by atoms with E-state index in [1.807, 2.05) is 30.3 Å². The van der Waals surface area contributed by atoms with E-state index in [4.69, 9.17) is 4.74 Å². The number of hydrogen-bond donors (Lipinski definition) is 2. The minimum absolute atomic E-state index is 0.131. The van der Waals surface area contributed by atoms with Crippen LogP contribution < -0.4 is 15.4 Å². The number of halogens is 1. The zero-order valence-corrected chi connectivity index (χ0v) is 14.7. The van der Waals surface area contributed by atoms with Crippen molar-refractivity contribution in [3.63, 3.8) is 0 Å². The van der Waals surface area contributed by atoms with Crippen LogP contribution >= 0.6 is 15.9 Å². The van der Waals surface area contributed by atoms with Crippen LogP contribution in [0.25, 0.3) is 0 Å². The summed E-state index contributed by atoms with van der Waals surface area (Å²) in [6, 6.07) is 11.2. The lowest BCUT2D eigenvalue weighted by Gasteiger charge is -2.30. The molecule has 1 aromatic carbocycles. The fraction of sp³-hybridized carbons (Fsp3) is 0.294. The quantitative estimate of drug-likeness (QED) is 0.787. The number of hydrogen-bond acceptors (Lipinski definition) is 4. The van der Waals surface area contributed by atoms with Gasteiger partial charge in [0.2, 0.25) is 0 Å². The smallest absolute Gasteiger partial charge is 0.320 e. The second-order valence-corrected chi connectivity index (χ2v) is 6.34. The number of rotatable bonds is 4. The van der Waals surface area contributed by atoms with Gasteiger partial charge in [-0.3, -0.25) is 10.3 Å². The summed E-state index contributed by atoms with van der Waals surface area (Å²) in [4.78, 5) is 18.4. The molecule has 0 radical (unpaired) electrons. The Hall–Kier alpha value is -2.12. The van der Waals surface area contributed by atoms with Gasteiger partial charge in [0.1, 0.15) is 5.75 Å². The molecule has 1 aliphatic heterocycles. The Labute approximate surface area is 149 Å². The average molecular weight is 391 g/mol. The van der Waals surface area contributed by atoms with Crippen LogP contribution in [0, 0.1) is 0 Å². The molecule has 0 spiro atoms. The van der Waals surface area contributed by atoms with Crippen molar-refractivity contribution in [1.82, 2.24) is 20.5 Å². The first-order chi connectivity index (χ1) is 11.7. The standard InChI is InChI=1S/C17H19BrN4O2/c18-14-5-3-13(4-6-14)16(24-15-2-1-7-20-12-15)21-17(23)22-10-8-19-9-11-22/h1-7,12,16,19H,8-11H2,(H,21,23). The van der Waals surface area contributed by atoms with Crippen LogP contribution in [0.5, 0.6) is 5.75 Å². The molecule has 1 aliphatic rings. The summed E-state index contributed by atoms with van der Waals surface area (Å²) >= 11 is 3.42. The number of carbonyl (C=O) groups excluding carboxylic acids is 1. The Balaban J connectivity index is 1.76. The van der Waals surface area contributed by atoms with Gasteiger partial charge in [0.05, 0.1) is 6.20 Å². The van der Waals surface area contributed by atoms with Crippen LogP contribution in [-0.4, -0.2) is 42.1 Å². The minimum Gasteiger partial charge on any atom is -0.465 e. The van der Waals surface area contributed by atoms with Crippen molar-refractivity contribution in [2.75, 3.05) is 26.2 Å². The molecule has 0 saturated carbocycles. The molecule has 2 aromatic rings. The van der Waals surface area contributed by atoms with Gasteiger partial charge in [-0.1, -0.05) is 28.1 Å². The molecule has 1 aromatic heterocycles. The molecule has 1 fully saturated rings. The van der Waals surface area contributed by atoms with E-state index in [2.05, 4.69) is 31.5 Å². The van der Waals surface area contributed by atoms with E-state index in [1.165, 1.54) is 0 Å². The van der Waals surface area contributed by atoms with E-state index in [9.17, 15) is 4.79 Å². The highest BCUT2D eigenvalue weighted by Gasteiger charge is 2.22. The molecule has 0 aliphatic carbocycles. The molecular formula is C17H19BrN4O2. The Morgan fingerprint density at radius 2 is 2.00 bits per heavy atom. The van der Waals surface area contributed by atoms with E-state index in [-0.39, 0.29) is 6.03 Å². The third-order valence-electron chi connectivity index (χ3n) is 3.72. The van der Waals surface area contributed by atoms with Gasteiger partial charge in [-0.2, -0.15) is 0 Å². The summed E-state index contributed by atoms with van der Waals surface area (Å²) in [7, 11) is 0. The van der Waals surface area contributed by atoms with Crippen molar-refractivity contribution in [1.29, 1.82) is 0 Å². The van der Waals surface area contributed by atoms with Crippen LogP contribution in [-0.2, 0) is 0 Å². The summed E-state index contributed by atoms with van der Waals surface area (Å²) in [5, 5.41) is 6.20. The van der Waals surface area contributed by atoms with Gasteiger partial charge < -0.3 is 15.0 Å². The Bertz CT molecular complexity index is 660. The maximum absolute atomic E-state index is 12.5. The van der Waals surface area contributed by atoms with Gasteiger partial charge >= 0.3 is 6.03 Å². The number of nitrogens with zero attached hydrogens (tertiary/aromatic N) is 2. The molecular weight excluding hydrogens is 372 g/mol. The normalized spacial score (nSPS) is 15.6.